The maximum atomic E-state index is 12.6. The highest BCUT2D eigenvalue weighted by Gasteiger charge is 2.29. The van der Waals surface area contributed by atoms with Gasteiger partial charge in [-0.1, -0.05) is 38.1 Å². The van der Waals surface area contributed by atoms with E-state index < -0.39 is 0 Å². The van der Waals surface area contributed by atoms with Crippen molar-refractivity contribution < 1.29 is 14.2 Å². The number of benzene rings is 2. The van der Waals surface area contributed by atoms with Crippen LogP contribution in [-0.4, -0.2) is 47.4 Å². The summed E-state index contributed by atoms with van der Waals surface area (Å²) in [6.45, 7) is 7.00. The molecule has 3 aliphatic rings. The summed E-state index contributed by atoms with van der Waals surface area (Å²) in [5, 5.41) is 10.2. The van der Waals surface area contributed by atoms with Crippen molar-refractivity contribution in [2.75, 3.05) is 26.3 Å². The van der Waals surface area contributed by atoms with Crippen molar-refractivity contribution in [3.8, 4) is 11.6 Å². The molecule has 1 N–H and O–H groups in total. The summed E-state index contributed by atoms with van der Waals surface area (Å²) >= 11 is 0. The molecule has 1 fully saturated rings. The molecule has 0 unspecified atom stereocenters. The van der Waals surface area contributed by atoms with Gasteiger partial charge in [-0.05, 0) is 108 Å². The Bertz CT molecular complexity index is 1380. The Morgan fingerprint density at radius 1 is 1.00 bits per heavy atom. The highest BCUT2D eigenvalue weighted by Crippen LogP contribution is 2.43. The summed E-state index contributed by atoms with van der Waals surface area (Å²) in [6, 6.07) is 17.0. The first kappa shape index (κ1) is 26.1. The zero-order valence-electron chi connectivity index (χ0n) is 23.2. The van der Waals surface area contributed by atoms with Crippen LogP contribution >= 0.6 is 0 Å². The first-order chi connectivity index (χ1) is 18.9. The van der Waals surface area contributed by atoms with E-state index in [1.165, 1.54) is 39.0 Å². The number of aromatic hydroxyl groups is 1. The number of allylic oxidation sites excluding steroid dienone is 1. The van der Waals surface area contributed by atoms with Gasteiger partial charge in [-0.3, -0.25) is 9.29 Å². The van der Waals surface area contributed by atoms with E-state index in [2.05, 4.69) is 49.1 Å². The van der Waals surface area contributed by atoms with E-state index in [1.807, 2.05) is 18.3 Å². The predicted molar refractivity (Wildman–Crippen MR) is 155 cm³/mol. The first-order valence-corrected chi connectivity index (χ1v) is 14.5. The Labute approximate surface area is 231 Å². The van der Waals surface area contributed by atoms with Crippen LogP contribution < -0.4 is 4.74 Å². The summed E-state index contributed by atoms with van der Waals surface area (Å²) in [4.78, 5) is 7.02. The van der Waals surface area contributed by atoms with Crippen molar-refractivity contribution in [3.63, 3.8) is 0 Å². The first-order valence-electron chi connectivity index (χ1n) is 14.5. The predicted octanol–water partition coefficient (Wildman–Crippen LogP) is 7.02. The van der Waals surface area contributed by atoms with Crippen molar-refractivity contribution in [2.45, 2.75) is 64.9 Å². The van der Waals surface area contributed by atoms with Crippen LogP contribution in [0.4, 0.5) is 4.39 Å². The number of phenolic OH excluding ortho intramolecular Hbond substituents is 1. The van der Waals surface area contributed by atoms with Crippen LogP contribution in [0.5, 0.6) is 11.6 Å². The summed E-state index contributed by atoms with van der Waals surface area (Å²) < 4.78 is 18.8. The molecular formula is C34H39FN2O2. The Balaban J connectivity index is 1.34. The Morgan fingerprint density at radius 3 is 2.67 bits per heavy atom. The second-order valence-electron chi connectivity index (χ2n) is 12.3. The van der Waals surface area contributed by atoms with Crippen LogP contribution in [0.15, 0.2) is 54.7 Å². The van der Waals surface area contributed by atoms with Gasteiger partial charge < -0.3 is 9.84 Å². The molecule has 1 aliphatic heterocycles. The highest BCUT2D eigenvalue weighted by atomic mass is 19.1. The second-order valence-corrected chi connectivity index (χ2v) is 12.3. The third kappa shape index (κ3) is 5.60. The molecule has 3 aromatic rings. The minimum atomic E-state index is -0.269. The molecule has 2 heterocycles. The Kier molecular flexibility index (Phi) is 7.20. The number of rotatable bonds is 7. The van der Waals surface area contributed by atoms with Crippen LogP contribution in [0.25, 0.3) is 11.1 Å². The van der Waals surface area contributed by atoms with Gasteiger partial charge in [0.15, 0.2) is 0 Å². The van der Waals surface area contributed by atoms with Crippen LogP contribution in [0, 0.1) is 5.41 Å². The smallest absolute Gasteiger partial charge is 0.213 e. The lowest BCUT2D eigenvalue weighted by Crippen LogP contribution is -2.26. The van der Waals surface area contributed by atoms with Gasteiger partial charge in [0.2, 0.25) is 5.88 Å². The fraction of sp³-hybridized carbons (Fsp3) is 0.441. The largest absolute Gasteiger partial charge is 0.508 e. The number of halogens is 1. The van der Waals surface area contributed by atoms with Crippen molar-refractivity contribution in [1.82, 2.24) is 9.88 Å². The van der Waals surface area contributed by atoms with E-state index in [0.717, 1.165) is 63.7 Å². The standard InChI is InChI=1S/C34H39FN2O2/c1-34(2)19-25-8-7-24(17-27(25)20-34)30-6-3-5-23-18-28(38)10-11-31(23)33(30)26-9-12-32(36-21-26)39-29-13-16-37(22-29)15-4-14-35/h7-12,17-18,21,29,38H,3-6,13-16,19-20,22H2,1-2H3/t29-/m0/s1. The van der Waals surface area contributed by atoms with E-state index in [0.29, 0.717) is 23.5 Å². The van der Waals surface area contributed by atoms with Gasteiger partial charge in [0.1, 0.15) is 11.9 Å². The van der Waals surface area contributed by atoms with Gasteiger partial charge in [-0.2, -0.15) is 0 Å². The SMILES string of the molecule is CC1(C)Cc2ccc(C3=C(c4ccc(O[C@H]5CCN(CCCF)C5)nc4)c4ccc(O)cc4CCC3)cc2C1. The summed E-state index contributed by atoms with van der Waals surface area (Å²) in [5.41, 5.74) is 10.5. The molecule has 4 nitrogen and oxygen atoms in total. The number of ether oxygens (including phenoxy) is 1. The van der Waals surface area contributed by atoms with Gasteiger partial charge in [0.25, 0.3) is 0 Å². The zero-order chi connectivity index (χ0) is 27.0. The average molecular weight is 527 g/mol. The molecule has 2 aliphatic carbocycles. The minimum Gasteiger partial charge on any atom is -0.508 e. The van der Waals surface area contributed by atoms with Crippen LogP contribution in [-0.2, 0) is 19.3 Å². The topological polar surface area (TPSA) is 45.6 Å². The number of phenols is 1. The van der Waals surface area contributed by atoms with E-state index in [4.69, 9.17) is 9.72 Å². The Morgan fingerprint density at radius 2 is 1.85 bits per heavy atom. The number of aryl methyl sites for hydroxylation is 1. The fourth-order valence-corrected chi connectivity index (χ4v) is 6.79. The molecule has 0 radical (unpaired) electrons. The molecule has 0 amide bonds. The number of hydrogen-bond acceptors (Lipinski definition) is 4. The molecule has 6 rings (SSSR count). The molecule has 0 spiro atoms. The zero-order valence-corrected chi connectivity index (χ0v) is 23.2. The van der Waals surface area contributed by atoms with Gasteiger partial charge in [0.05, 0.1) is 6.67 Å². The van der Waals surface area contributed by atoms with E-state index in [9.17, 15) is 9.50 Å². The molecule has 1 aromatic heterocycles. The van der Waals surface area contributed by atoms with Crippen molar-refractivity contribution in [3.05, 3.63) is 88.1 Å². The second kappa shape index (κ2) is 10.8. The van der Waals surface area contributed by atoms with Crippen molar-refractivity contribution in [2.24, 2.45) is 5.41 Å². The molecular weight excluding hydrogens is 487 g/mol. The number of hydrogen-bond donors (Lipinski definition) is 1. The third-order valence-electron chi connectivity index (χ3n) is 8.58. The number of alkyl halides is 1. The van der Waals surface area contributed by atoms with Gasteiger partial charge >= 0.3 is 0 Å². The Hall–Kier alpha value is -3.18. The van der Waals surface area contributed by atoms with Crippen molar-refractivity contribution in [1.29, 1.82) is 0 Å². The maximum absolute atomic E-state index is 12.6. The lowest BCUT2D eigenvalue weighted by atomic mass is 9.87. The van der Waals surface area contributed by atoms with Crippen LogP contribution in [0.1, 0.15) is 72.9 Å². The third-order valence-corrected chi connectivity index (χ3v) is 8.58. The molecule has 0 saturated carbocycles. The summed E-state index contributed by atoms with van der Waals surface area (Å²) in [7, 11) is 0. The normalized spacial score (nSPS) is 20.5. The molecule has 1 saturated heterocycles. The number of fused-ring (bicyclic) bond motifs is 2. The van der Waals surface area contributed by atoms with E-state index in [-0.39, 0.29) is 12.8 Å². The molecule has 39 heavy (non-hydrogen) atoms. The monoisotopic (exact) mass is 526 g/mol. The van der Waals surface area contributed by atoms with Crippen LogP contribution in [0.3, 0.4) is 0 Å². The quantitative estimate of drug-likeness (QED) is 0.359. The molecule has 204 valence electrons. The number of pyridine rings is 1. The van der Waals surface area contributed by atoms with Crippen molar-refractivity contribution >= 4 is 11.1 Å². The fourth-order valence-electron chi connectivity index (χ4n) is 6.79. The molecule has 1 atom stereocenters. The number of nitrogens with zero attached hydrogens (tertiary/aromatic N) is 2. The highest BCUT2D eigenvalue weighted by molar-refractivity contribution is 6.00. The maximum Gasteiger partial charge on any atom is 0.213 e. The lowest BCUT2D eigenvalue weighted by Gasteiger charge is -2.18. The average Bonchev–Trinajstić information content (AvgIpc) is 3.43. The van der Waals surface area contributed by atoms with E-state index in [1.54, 1.807) is 6.07 Å². The minimum absolute atomic E-state index is 0.0926. The lowest BCUT2D eigenvalue weighted by molar-refractivity contribution is 0.191. The molecule has 5 heteroatoms. The summed E-state index contributed by atoms with van der Waals surface area (Å²) in [6.07, 6.45) is 8.75. The number of likely N-dealkylation sites (tertiary alicyclic amines) is 1. The van der Waals surface area contributed by atoms with E-state index >= 15 is 0 Å². The van der Waals surface area contributed by atoms with Gasteiger partial charge in [0, 0.05) is 37.5 Å². The molecule has 0 bridgehead atoms. The molecule has 2 aromatic carbocycles. The van der Waals surface area contributed by atoms with Gasteiger partial charge in [-0.25, -0.2) is 4.98 Å². The van der Waals surface area contributed by atoms with Crippen LogP contribution in [0.2, 0.25) is 0 Å². The summed E-state index contributed by atoms with van der Waals surface area (Å²) in [5.74, 6) is 0.952. The van der Waals surface area contributed by atoms with Gasteiger partial charge in [-0.15, -0.1) is 0 Å². The number of aromatic nitrogens is 1.